The number of hydrogen-bond acceptors (Lipinski definition) is 3. The average Bonchev–Trinajstić information content (AvgIpc) is 2.29. The van der Waals surface area contributed by atoms with E-state index in [1.165, 1.54) is 18.7 Å². The molecule has 0 spiro atoms. The molecule has 0 saturated heterocycles. The van der Waals surface area contributed by atoms with Crippen LogP contribution in [0.3, 0.4) is 0 Å². The first-order valence-electron chi connectivity index (χ1n) is 4.74. The van der Waals surface area contributed by atoms with Crippen LogP contribution >= 0.6 is 11.6 Å². The molecule has 1 aromatic heterocycles. The van der Waals surface area contributed by atoms with Crippen LogP contribution in [0.15, 0.2) is 36.9 Å². The first kappa shape index (κ1) is 10.8. The van der Waals surface area contributed by atoms with Crippen molar-refractivity contribution < 1.29 is 4.79 Å². The molecule has 16 heavy (non-hydrogen) atoms. The molecule has 0 fully saturated rings. The molecule has 0 unspecified atom stereocenters. The number of ketones is 1. The van der Waals surface area contributed by atoms with Crippen LogP contribution in [0.5, 0.6) is 0 Å². The van der Waals surface area contributed by atoms with Crippen molar-refractivity contribution in [2.45, 2.75) is 6.92 Å². The van der Waals surface area contributed by atoms with E-state index < -0.39 is 0 Å². The highest BCUT2D eigenvalue weighted by Gasteiger charge is 2.11. The minimum absolute atomic E-state index is 0.0882. The van der Waals surface area contributed by atoms with E-state index in [2.05, 4.69) is 9.97 Å². The van der Waals surface area contributed by atoms with Gasteiger partial charge in [0.15, 0.2) is 5.78 Å². The molecule has 3 nitrogen and oxygen atoms in total. The Morgan fingerprint density at radius 1 is 1.25 bits per heavy atom. The Bertz CT molecular complexity index is 526. The molecular weight excluding hydrogens is 224 g/mol. The Morgan fingerprint density at radius 2 is 1.94 bits per heavy atom. The second kappa shape index (κ2) is 4.41. The Balaban J connectivity index is 2.42. The number of benzene rings is 1. The Kier molecular flexibility index (Phi) is 2.97. The average molecular weight is 233 g/mol. The molecule has 0 saturated carbocycles. The van der Waals surface area contributed by atoms with Gasteiger partial charge in [-0.25, -0.2) is 9.97 Å². The number of aromatic nitrogens is 2. The van der Waals surface area contributed by atoms with E-state index in [-0.39, 0.29) is 5.78 Å². The lowest BCUT2D eigenvalue weighted by Crippen LogP contribution is -2.04. The maximum atomic E-state index is 12.1. The predicted octanol–water partition coefficient (Wildman–Crippen LogP) is 2.67. The third kappa shape index (κ3) is 2.09. The third-order valence-electron chi connectivity index (χ3n) is 2.26. The molecule has 4 heteroatoms. The molecule has 0 bridgehead atoms. The lowest BCUT2D eigenvalue weighted by molar-refractivity contribution is 0.103. The van der Waals surface area contributed by atoms with Crippen molar-refractivity contribution in [3.05, 3.63) is 58.6 Å². The minimum Gasteiger partial charge on any atom is -0.288 e. The van der Waals surface area contributed by atoms with Gasteiger partial charge in [-0.1, -0.05) is 11.6 Å². The van der Waals surface area contributed by atoms with Crippen molar-refractivity contribution in [3.8, 4) is 0 Å². The lowest BCUT2D eigenvalue weighted by atomic mass is 10.0. The number of carbonyl (C=O) groups excluding carboxylic acids is 1. The summed E-state index contributed by atoms with van der Waals surface area (Å²) in [6, 6.07) is 5.18. The van der Waals surface area contributed by atoms with Crippen LogP contribution in [0, 0.1) is 6.92 Å². The van der Waals surface area contributed by atoms with Crippen molar-refractivity contribution in [2.75, 3.05) is 0 Å². The highest BCUT2D eigenvalue weighted by molar-refractivity contribution is 6.30. The topological polar surface area (TPSA) is 42.9 Å². The molecule has 1 heterocycles. The summed E-state index contributed by atoms with van der Waals surface area (Å²) in [5.74, 6) is -0.0882. The van der Waals surface area contributed by atoms with Gasteiger partial charge in [0.25, 0.3) is 0 Å². The largest absolute Gasteiger partial charge is 0.288 e. The number of carbonyl (C=O) groups is 1. The fraction of sp³-hybridized carbons (Fsp3) is 0.0833. The molecule has 0 radical (unpaired) electrons. The molecule has 80 valence electrons. The Morgan fingerprint density at radius 3 is 2.56 bits per heavy atom. The summed E-state index contributed by atoms with van der Waals surface area (Å²) in [5, 5.41) is 0.623. The fourth-order valence-corrected chi connectivity index (χ4v) is 1.68. The van der Waals surface area contributed by atoms with E-state index in [0.29, 0.717) is 16.1 Å². The summed E-state index contributed by atoms with van der Waals surface area (Å²) in [6.45, 7) is 1.85. The van der Waals surface area contributed by atoms with E-state index in [0.717, 1.165) is 5.56 Å². The van der Waals surface area contributed by atoms with Gasteiger partial charge in [-0.05, 0) is 30.7 Å². The summed E-state index contributed by atoms with van der Waals surface area (Å²) in [4.78, 5) is 19.7. The molecule has 2 rings (SSSR count). The Hall–Kier alpha value is -1.74. The highest BCUT2D eigenvalue weighted by Crippen LogP contribution is 2.17. The smallest absolute Gasteiger partial charge is 0.196 e. The lowest BCUT2D eigenvalue weighted by Gasteiger charge is -2.04. The predicted molar refractivity (Wildman–Crippen MR) is 61.7 cm³/mol. The molecule has 0 N–H and O–H groups in total. The first-order valence-corrected chi connectivity index (χ1v) is 5.12. The van der Waals surface area contributed by atoms with Gasteiger partial charge in [0.1, 0.15) is 6.33 Å². The third-order valence-corrected chi connectivity index (χ3v) is 2.49. The van der Waals surface area contributed by atoms with Gasteiger partial charge >= 0.3 is 0 Å². The van der Waals surface area contributed by atoms with Crippen molar-refractivity contribution in [3.63, 3.8) is 0 Å². The van der Waals surface area contributed by atoms with Gasteiger partial charge in [0.05, 0.1) is 5.56 Å². The number of hydrogen-bond donors (Lipinski definition) is 0. The van der Waals surface area contributed by atoms with Crippen LogP contribution in [0.2, 0.25) is 5.02 Å². The number of halogens is 1. The molecule has 0 aliphatic carbocycles. The molecule has 0 aliphatic heterocycles. The second-order valence-electron chi connectivity index (χ2n) is 3.42. The van der Waals surface area contributed by atoms with Gasteiger partial charge in [-0.2, -0.15) is 0 Å². The fourth-order valence-electron chi connectivity index (χ4n) is 1.45. The molecule has 2 aromatic rings. The van der Waals surface area contributed by atoms with Gasteiger partial charge in [-0.3, -0.25) is 4.79 Å². The number of aryl methyl sites for hydroxylation is 1. The zero-order chi connectivity index (χ0) is 11.5. The van der Waals surface area contributed by atoms with E-state index in [9.17, 15) is 4.79 Å². The van der Waals surface area contributed by atoms with Crippen LogP contribution in [-0.4, -0.2) is 15.8 Å². The van der Waals surface area contributed by atoms with Crippen molar-refractivity contribution in [2.24, 2.45) is 0 Å². The highest BCUT2D eigenvalue weighted by atomic mass is 35.5. The van der Waals surface area contributed by atoms with E-state index in [1.807, 2.05) is 6.92 Å². The molecular formula is C12H9ClN2O. The number of nitrogens with zero attached hydrogens (tertiary/aromatic N) is 2. The summed E-state index contributed by atoms with van der Waals surface area (Å²) in [5.41, 5.74) is 1.95. The molecule has 1 aromatic carbocycles. The molecule has 0 aliphatic rings. The zero-order valence-electron chi connectivity index (χ0n) is 8.64. The maximum Gasteiger partial charge on any atom is 0.196 e. The van der Waals surface area contributed by atoms with Crippen LogP contribution in [0.4, 0.5) is 0 Å². The number of rotatable bonds is 2. The van der Waals surface area contributed by atoms with Crippen molar-refractivity contribution in [1.29, 1.82) is 0 Å². The van der Waals surface area contributed by atoms with E-state index in [1.54, 1.807) is 18.2 Å². The quantitative estimate of drug-likeness (QED) is 0.748. The van der Waals surface area contributed by atoms with Gasteiger partial charge in [0, 0.05) is 23.0 Å². The maximum absolute atomic E-state index is 12.1. The van der Waals surface area contributed by atoms with Crippen LogP contribution < -0.4 is 0 Å². The van der Waals surface area contributed by atoms with E-state index >= 15 is 0 Å². The van der Waals surface area contributed by atoms with Gasteiger partial charge < -0.3 is 0 Å². The standard InChI is InChI=1S/C12H9ClN2O/c1-8-4-10(13)2-3-11(8)12(16)9-5-14-7-15-6-9/h2-7H,1H3. The SMILES string of the molecule is Cc1cc(Cl)ccc1C(=O)c1cncnc1. The normalized spacial score (nSPS) is 10.1. The molecule has 0 amide bonds. The first-order chi connectivity index (χ1) is 7.68. The van der Waals surface area contributed by atoms with Crippen LogP contribution in [-0.2, 0) is 0 Å². The summed E-state index contributed by atoms with van der Waals surface area (Å²) >= 11 is 5.83. The summed E-state index contributed by atoms with van der Waals surface area (Å²) in [7, 11) is 0. The van der Waals surface area contributed by atoms with Crippen molar-refractivity contribution >= 4 is 17.4 Å². The minimum atomic E-state index is -0.0882. The van der Waals surface area contributed by atoms with E-state index in [4.69, 9.17) is 11.6 Å². The second-order valence-corrected chi connectivity index (χ2v) is 3.85. The Labute approximate surface area is 98.1 Å². The van der Waals surface area contributed by atoms with Crippen LogP contribution in [0.25, 0.3) is 0 Å². The summed E-state index contributed by atoms with van der Waals surface area (Å²) < 4.78 is 0. The van der Waals surface area contributed by atoms with Crippen LogP contribution in [0.1, 0.15) is 21.5 Å². The van der Waals surface area contributed by atoms with Gasteiger partial charge in [0.2, 0.25) is 0 Å². The molecule has 0 atom stereocenters. The van der Waals surface area contributed by atoms with Gasteiger partial charge in [-0.15, -0.1) is 0 Å². The summed E-state index contributed by atoms with van der Waals surface area (Å²) in [6.07, 6.45) is 4.40. The monoisotopic (exact) mass is 232 g/mol. The zero-order valence-corrected chi connectivity index (χ0v) is 9.40. The van der Waals surface area contributed by atoms with Crippen molar-refractivity contribution in [1.82, 2.24) is 9.97 Å².